The molecule has 0 amide bonds. The van der Waals surface area contributed by atoms with Crippen LogP contribution in [0.25, 0.3) is 0 Å². The molecule has 0 saturated carbocycles. The lowest BCUT2D eigenvalue weighted by Gasteiger charge is -2.14. The van der Waals surface area contributed by atoms with Gasteiger partial charge in [0.25, 0.3) is 0 Å². The zero-order valence-corrected chi connectivity index (χ0v) is 11.4. The van der Waals surface area contributed by atoms with E-state index in [4.69, 9.17) is 0 Å². The molecule has 0 saturated heterocycles. The van der Waals surface area contributed by atoms with Crippen molar-refractivity contribution < 1.29 is 4.39 Å². The van der Waals surface area contributed by atoms with E-state index in [0.717, 1.165) is 17.0 Å². The lowest BCUT2D eigenvalue weighted by Crippen LogP contribution is -2.28. The van der Waals surface area contributed by atoms with Gasteiger partial charge in [-0.15, -0.1) is 0 Å². The molecule has 2 aromatic rings. The number of rotatable bonds is 5. The highest BCUT2D eigenvalue weighted by Gasteiger charge is 2.07. The first kappa shape index (κ1) is 13.7. The highest BCUT2D eigenvalue weighted by molar-refractivity contribution is 5.18. The molecule has 2 rings (SSSR count). The fourth-order valence-corrected chi connectivity index (χ4v) is 2.04. The molecule has 1 unspecified atom stereocenters. The summed E-state index contributed by atoms with van der Waals surface area (Å²) in [5, 5.41) is 3.37. The topological polar surface area (TPSA) is 24.9 Å². The Morgan fingerprint density at radius 3 is 2.68 bits per heavy atom. The molecule has 100 valence electrons. The Kier molecular flexibility index (Phi) is 4.63. The Hall–Kier alpha value is -1.74. The molecule has 0 radical (unpaired) electrons. The number of aromatic nitrogens is 1. The number of pyridine rings is 1. The summed E-state index contributed by atoms with van der Waals surface area (Å²) in [6, 6.07) is 13.1. The predicted octanol–water partition coefficient (Wildman–Crippen LogP) is 3.25. The van der Waals surface area contributed by atoms with E-state index in [-0.39, 0.29) is 11.9 Å². The zero-order chi connectivity index (χ0) is 13.7. The minimum atomic E-state index is -0.134. The molecule has 1 aromatic heterocycles. The van der Waals surface area contributed by atoms with Gasteiger partial charge in [-0.05, 0) is 44.0 Å². The molecule has 1 heterocycles. The van der Waals surface area contributed by atoms with Gasteiger partial charge in [-0.25, -0.2) is 4.39 Å². The lowest BCUT2D eigenvalue weighted by molar-refractivity contribution is 0.522. The number of aryl methyl sites for hydroxylation is 1. The van der Waals surface area contributed by atoms with Gasteiger partial charge in [-0.3, -0.25) is 4.98 Å². The van der Waals surface area contributed by atoms with Crippen molar-refractivity contribution in [3.63, 3.8) is 0 Å². The third-order valence-electron chi connectivity index (χ3n) is 3.06. The van der Waals surface area contributed by atoms with Crippen LogP contribution in [0.15, 0.2) is 42.5 Å². The van der Waals surface area contributed by atoms with Crippen LogP contribution in [-0.2, 0) is 13.0 Å². The summed E-state index contributed by atoms with van der Waals surface area (Å²) in [6.45, 7) is 4.74. The smallest absolute Gasteiger partial charge is 0.126 e. The highest BCUT2D eigenvalue weighted by Crippen LogP contribution is 2.09. The van der Waals surface area contributed by atoms with Crippen molar-refractivity contribution in [2.75, 3.05) is 0 Å². The van der Waals surface area contributed by atoms with Crippen LogP contribution in [0.4, 0.5) is 4.39 Å². The molecule has 1 aromatic carbocycles. The molecule has 2 nitrogen and oxygen atoms in total. The summed E-state index contributed by atoms with van der Waals surface area (Å²) in [5.74, 6) is -0.134. The molecule has 0 aliphatic carbocycles. The van der Waals surface area contributed by atoms with Gasteiger partial charge in [0, 0.05) is 18.3 Å². The largest absolute Gasteiger partial charge is 0.308 e. The Bertz CT molecular complexity index is 540. The predicted molar refractivity (Wildman–Crippen MR) is 75.4 cm³/mol. The molecule has 0 spiro atoms. The van der Waals surface area contributed by atoms with E-state index in [9.17, 15) is 4.39 Å². The van der Waals surface area contributed by atoms with Gasteiger partial charge in [0.15, 0.2) is 0 Å². The van der Waals surface area contributed by atoms with Crippen LogP contribution in [-0.4, -0.2) is 11.0 Å². The van der Waals surface area contributed by atoms with Crippen LogP contribution < -0.4 is 5.32 Å². The quantitative estimate of drug-likeness (QED) is 0.890. The lowest BCUT2D eigenvalue weighted by atomic mass is 10.1. The standard InChI is InChI=1S/C16H19FN2/c1-12-6-5-8-15(19-12)11-18-13(2)10-14-7-3-4-9-16(14)17/h3-9,13,18H,10-11H2,1-2H3. The van der Waals surface area contributed by atoms with Crippen molar-refractivity contribution in [1.82, 2.24) is 10.3 Å². The molecule has 0 aliphatic heterocycles. The molecule has 0 bridgehead atoms. The van der Waals surface area contributed by atoms with Gasteiger partial charge in [0.05, 0.1) is 5.69 Å². The molecule has 1 N–H and O–H groups in total. The maximum Gasteiger partial charge on any atom is 0.126 e. The van der Waals surface area contributed by atoms with E-state index in [1.54, 1.807) is 6.07 Å². The Morgan fingerprint density at radius 2 is 1.95 bits per heavy atom. The van der Waals surface area contributed by atoms with E-state index < -0.39 is 0 Å². The second kappa shape index (κ2) is 6.43. The Labute approximate surface area is 113 Å². The van der Waals surface area contributed by atoms with Crippen molar-refractivity contribution >= 4 is 0 Å². The van der Waals surface area contributed by atoms with Crippen LogP contribution in [0.3, 0.4) is 0 Å². The third kappa shape index (κ3) is 4.14. The monoisotopic (exact) mass is 258 g/mol. The maximum atomic E-state index is 13.5. The van der Waals surface area contributed by atoms with E-state index >= 15 is 0 Å². The van der Waals surface area contributed by atoms with E-state index in [1.807, 2.05) is 37.3 Å². The third-order valence-corrected chi connectivity index (χ3v) is 3.06. The van der Waals surface area contributed by atoms with E-state index in [0.29, 0.717) is 13.0 Å². The molecule has 1 atom stereocenters. The minimum Gasteiger partial charge on any atom is -0.308 e. The first-order valence-electron chi connectivity index (χ1n) is 6.54. The fourth-order valence-electron chi connectivity index (χ4n) is 2.04. The maximum absolute atomic E-state index is 13.5. The zero-order valence-electron chi connectivity index (χ0n) is 11.4. The van der Waals surface area contributed by atoms with Crippen LogP contribution in [0.5, 0.6) is 0 Å². The molecule has 19 heavy (non-hydrogen) atoms. The van der Waals surface area contributed by atoms with Crippen LogP contribution in [0.2, 0.25) is 0 Å². The van der Waals surface area contributed by atoms with Crippen molar-refractivity contribution in [3.05, 3.63) is 65.2 Å². The second-order valence-electron chi connectivity index (χ2n) is 4.85. The number of nitrogens with one attached hydrogen (secondary N) is 1. The number of nitrogens with zero attached hydrogens (tertiary/aromatic N) is 1. The van der Waals surface area contributed by atoms with Gasteiger partial charge in [-0.1, -0.05) is 24.3 Å². The number of hydrogen-bond acceptors (Lipinski definition) is 2. The van der Waals surface area contributed by atoms with Crippen molar-refractivity contribution in [3.8, 4) is 0 Å². The van der Waals surface area contributed by atoms with Crippen LogP contribution in [0, 0.1) is 12.7 Å². The highest BCUT2D eigenvalue weighted by atomic mass is 19.1. The van der Waals surface area contributed by atoms with Gasteiger partial charge in [-0.2, -0.15) is 0 Å². The minimum absolute atomic E-state index is 0.134. The Morgan fingerprint density at radius 1 is 1.16 bits per heavy atom. The molecular weight excluding hydrogens is 239 g/mol. The van der Waals surface area contributed by atoms with Gasteiger partial charge in [0.1, 0.15) is 5.82 Å². The Balaban J connectivity index is 1.88. The van der Waals surface area contributed by atoms with Gasteiger partial charge < -0.3 is 5.32 Å². The van der Waals surface area contributed by atoms with Crippen molar-refractivity contribution in [2.24, 2.45) is 0 Å². The van der Waals surface area contributed by atoms with Crippen LogP contribution >= 0.6 is 0 Å². The SMILES string of the molecule is Cc1cccc(CNC(C)Cc2ccccc2F)n1. The van der Waals surface area contributed by atoms with Gasteiger partial charge >= 0.3 is 0 Å². The number of benzene rings is 1. The van der Waals surface area contributed by atoms with Crippen molar-refractivity contribution in [1.29, 1.82) is 0 Å². The average Bonchev–Trinajstić information content (AvgIpc) is 2.39. The average molecular weight is 258 g/mol. The van der Waals surface area contributed by atoms with E-state index in [2.05, 4.69) is 17.2 Å². The summed E-state index contributed by atoms with van der Waals surface area (Å²) in [7, 11) is 0. The first-order chi connectivity index (χ1) is 9.15. The van der Waals surface area contributed by atoms with E-state index in [1.165, 1.54) is 6.07 Å². The second-order valence-corrected chi connectivity index (χ2v) is 4.85. The molecule has 0 fully saturated rings. The summed E-state index contributed by atoms with van der Waals surface area (Å²) >= 11 is 0. The summed E-state index contributed by atoms with van der Waals surface area (Å²) in [6.07, 6.45) is 0.679. The van der Waals surface area contributed by atoms with Crippen LogP contribution in [0.1, 0.15) is 23.9 Å². The normalized spacial score (nSPS) is 12.4. The first-order valence-corrected chi connectivity index (χ1v) is 6.54. The molecule has 3 heteroatoms. The molecule has 0 aliphatic rings. The summed E-state index contributed by atoms with van der Waals surface area (Å²) in [5.41, 5.74) is 2.78. The number of hydrogen-bond donors (Lipinski definition) is 1. The summed E-state index contributed by atoms with van der Waals surface area (Å²) in [4.78, 5) is 4.43. The molecular formula is C16H19FN2. The summed E-state index contributed by atoms with van der Waals surface area (Å²) < 4.78 is 13.5. The van der Waals surface area contributed by atoms with Crippen molar-refractivity contribution in [2.45, 2.75) is 32.9 Å². The van der Waals surface area contributed by atoms with Gasteiger partial charge in [0.2, 0.25) is 0 Å². The number of halogens is 1. The fraction of sp³-hybridized carbons (Fsp3) is 0.312.